The third-order valence-electron chi connectivity index (χ3n) is 4.46. The van der Waals surface area contributed by atoms with E-state index in [1.807, 2.05) is 11.9 Å². The minimum atomic E-state index is -3.77. The Bertz CT molecular complexity index is 977. The van der Waals surface area contributed by atoms with Crippen molar-refractivity contribution in [2.45, 2.75) is 38.0 Å². The van der Waals surface area contributed by atoms with Crippen LogP contribution in [0.25, 0.3) is 0 Å². The SMILES string of the molecule is CC(C)Cc1cc(C(=O)Nc2ccc(S(=O)(=O)/N=C3/CCCN3C)cc2)n[nH]1. The van der Waals surface area contributed by atoms with Crippen molar-refractivity contribution in [2.75, 3.05) is 18.9 Å². The molecule has 0 bridgehead atoms. The summed E-state index contributed by atoms with van der Waals surface area (Å²) in [6.07, 6.45) is 2.37. The highest BCUT2D eigenvalue weighted by Gasteiger charge is 2.20. The van der Waals surface area contributed by atoms with Crippen molar-refractivity contribution >= 4 is 27.5 Å². The smallest absolute Gasteiger partial charge is 0.283 e. The van der Waals surface area contributed by atoms with Crippen LogP contribution < -0.4 is 5.32 Å². The molecule has 9 heteroatoms. The van der Waals surface area contributed by atoms with Crippen LogP contribution in [0.15, 0.2) is 39.6 Å². The summed E-state index contributed by atoms with van der Waals surface area (Å²) in [6, 6.07) is 7.70. The molecule has 1 amide bonds. The van der Waals surface area contributed by atoms with Crippen LogP contribution in [-0.4, -0.2) is 48.9 Å². The highest BCUT2D eigenvalue weighted by Crippen LogP contribution is 2.19. The lowest BCUT2D eigenvalue weighted by molar-refractivity contribution is 0.102. The summed E-state index contributed by atoms with van der Waals surface area (Å²) in [5.74, 6) is 0.682. The van der Waals surface area contributed by atoms with Crippen molar-refractivity contribution in [1.29, 1.82) is 0 Å². The quantitative estimate of drug-likeness (QED) is 0.771. The van der Waals surface area contributed by atoms with E-state index in [0.29, 0.717) is 29.6 Å². The molecule has 1 aliphatic heterocycles. The fourth-order valence-corrected chi connectivity index (χ4v) is 4.12. The number of amidine groups is 1. The van der Waals surface area contributed by atoms with Gasteiger partial charge in [-0.1, -0.05) is 13.8 Å². The highest BCUT2D eigenvalue weighted by atomic mass is 32.2. The van der Waals surface area contributed by atoms with Crippen molar-refractivity contribution in [1.82, 2.24) is 15.1 Å². The molecule has 0 radical (unpaired) electrons. The first-order valence-electron chi connectivity index (χ1n) is 9.25. The lowest BCUT2D eigenvalue weighted by atomic mass is 10.1. The van der Waals surface area contributed by atoms with Gasteiger partial charge in [0.05, 0.1) is 4.90 Å². The molecule has 150 valence electrons. The molecule has 0 spiro atoms. The largest absolute Gasteiger partial charge is 0.362 e. The minimum absolute atomic E-state index is 0.0947. The Morgan fingerprint density at radius 2 is 2.04 bits per heavy atom. The van der Waals surface area contributed by atoms with Gasteiger partial charge in [-0.05, 0) is 49.1 Å². The van der Waals surface area contributed by atoms with Gasteiger partial charge in [-0.2, -0.15) is 13.5 Å². The second-order valence-electron chi connectivity index (χ2n) is 7.36. The first-order valence-corrected chi connectivity index (χ1v) is 10.7. The highest BCUT2D eigenvalue weighted by molar-refractivity contribution is 7.90. The number of aromatic nitrogens is 2. The van der Waals surface area contributed by atoms with Gasteiger partial charge in [0, 0.05) is 31.4 Å². The van der Waals surface area contributed by atoms with E-state index in [4.69, 9.17) is 0 Å². The Morgan fingerprint density at radius 1 is 1.32 bits per heavy atom. The predicted molar refractivity (Wildman–Crippen MR) is 108 cm³/mol. The van der Waals surface area contributed by atoms with E-state index in [2.05, 4.69) is 33.8 Å². The van der Waals surface area contributed by atoms with Crippen LogP contribution in [-0.2, 0) is 16.4 Å². The van der Waals surface area contributed by atoms with Gasteiger partial charge in [0.25, 0.3) is 15.9 Å². The van der Waals surface area contributed by atoms with Crippen LogP contribution in [0.2, 0.25) is 0 Å². The number of amides is 1. The number of aromatic amines is 1. The molecule has 0 atom stereocenters. The number of rotatable bonds is 6. The number of sulfonamides is 1. The number of benzene rings is 1. The van der Waals surface area contributed by atoms with Crippen molar-refractivity contribution in [3.05, 3.63) is 41.7 Å². The Balaban J connectivity index is 1.69. The van der Waals surface area contributed by atoms with Gasteiger partial charge in [-0.15, -0.1) is 4.40 Å². The second kappa shape index (κ2) is 8.14. The summed E-state index contributed by atoms with van der Waals surface area (Å²) < 4.78 is 28.9. The van der Waals surface area contributed by atoms with Gasteiger partial charge >= 0.3 is 0 Å². The normalized spacial score (nSPS) is 16.1. The lowest BCUT2D eigenvalue weighted by Crippen LogP contribution is -2.20. The Kier molecular flexibility index (Phi) is 5.83. The van der Waals surface area contributed by atoms with Crippen molar-refractivity contribution in [3.8, 4) is 0 Å². The molecule has 0 saturated carbocycles. The monoisotopic (exact) mass is 403 g/mol. The number of carbonyl (C=O) groups excluding carboxylic acids is 1. The summed E-state index contributed by atoms with van der Waals surface area (Å²) in [6.45, 7) is 4.99. The number of H-pyrrole nitrogens is 1. The molecule has 1 aromatic carbocycles. The summed E-state index contributed by atoms with van der Waals surface area (Å²) in [4.78, 5) is 14.3. The van der Waals surface area contributed by atoms with Crippen molar-refractivity contribution in [2.24, 2.45) is 10.3 Å². The number of nitrogens with one attached hydrogen (secondary N) is 2. The Morgan fingerprint density at radius 3 is 2.64 bits per heavy atom. The zero-order valence-electron chi connectivity index (χ0n) is 16.3. The van der Waals surface area contributed by atoms with Crippen LogP contribution in [0.1, 0.15) is 42.9 Å². The molecule has 1 fully saturated rings. The zero-order chi connectivity index (χ0) is 20.3. The minimum Gasteiger partial charge on any atom is -0.362 e. The van der Waals surface area contributed by atoms with Gasteiger partial charge in [-0.3, -0.25) is 9.89 Å². The topological polar surface area (TPSA) is 108 Å². The number of hydrogen-bond donors (Lipinski definition) is 2. The third kappa shape index (κ3) is 4.78. The third-order valence-corrected chi connectivity index (χ3v) is 5.78. The van der Waals surface area contributed by atoms with Crippen LogP contribution in [0, 0.1) is 5.92 Å². The molecule has 1 aliphatic rings. The fraction of sp³-hybridized carbons (Fsp3) is 0.421. The van der Waals surface area contributed by atoms with Gasteiger partial charge in [0.1, 0.15) is 5.84 Å². The lowest BCUT2D eigenvalue weighted by Gasteiger charge is -2.11. The molecular weight excluding hydrogens is 378 g/mol. The number of hydrogen-bond acceptors (Lipinski definition) is 4. The van der Waals surface area contributed by atoms with E-state index >= 15 is 0 Å². The van der Waals surface area contributed by atoms with Gasteiger partial charge in [-0.25, -0.2) is 0 Å². The first kappa shape index (κ1) is 20.1. The van der Waals surface area contributed by atoms with Gasteiger partial charge in [0.2, 0.25) is 0 Å². The van der Waals surface area contributed by atoms with E-state index in [1.165, 1.54) is 12.1 Å². The van der Waals surface area contributed by atoms with Crippen LogP contribution in [0.5, 0.6) is 0 Å². The van der Waals surface area contributed by atoms with Crippen molar-refractivity contribution < 1.29 is 13.2 Å². The molecule has 2 aromatic rings. The maximum Gasteiger partial charge on any atom is 0.283 e. The van der Waals surface area contributed by atoms with E-state index in [-0.39, 0.29) is 10.8 Å². The first-order chi connectivity index (χ1) is 13.2. The molecular formula is C19H25N5O3S. The van der Waals surface area contributed by atoms with E-state index in [9.17, 15) is 13.2 Å². The van der Waals surface area contributed by atoms with Crippen LogP contribution >= 0.6 is 0 Å². The number of carbonyl (C=O) groups is 1. The Labute approximate surface area is 165 Å². The van der Waals surface area contributed by atoms with E-state index < -0.39 is 10.0 Å². The number of nitrogens with zero attached hydrogens (tertiary/aromatic N) is 3. The molecule has 28 heavy (non-hydrogen) atoms. The predicted octanol–water partition coefficient (Wildman–Crippen LogP) is 2.67. The average molecular weight is 404 g/mol. The summed E-state index contributed by atoms with van der Waals surface area (Å²) in [5.41, 5.74) is 1.68. The summed E-state index contributed by atoms with van der Waals surface area (Å²) in [5, 5.41) is 9.62. The molecule has 2 N–H and O–H groups in total. The standard InChI is InChI=1S/C19H25N5O3S/c1-13(2)11-15-12-17(22-21-15)19(25)20-14-6-8-16(9-7-14)28(26,27)23-18-5-4-10-24(18)3/h6-9,12-13H,4-5,10-11H2,1-3H3,(H,20,25)(H,21,22)/b23-18-. The molecule has 1 saturated heterocycles. The molecule has 8 nitrogen and oxygen atoms in total. The molecule has 2 heterocycles. The molecule has 0 unspecified atom stereocenters. The van der Waals surface area contributed by atoms with Gasteiger partial charge in [0.15, 0.2) is 5.69 Å². The molecule has 0 aliphatic carbocycles. The number of likely N-dealkylation sites (tertiary alicyclic amines) is 1. The molecule has 3 rings (SSSR count). The zero-order valence-corrected chi connectivity index (χ0v) is 17.1. The maximum absolute atomic E-state index is 12.5. The summed E-state index contributed by atoms with van der Waals surface area (Å²) >= 11 is 0. The van der Waals surface area contributed by atoms with E-state index in [0.717, 1.165) is 25.1 Å². The molecule has 1 aromatic heterocycles. The van der Waals surface area contributed by atoms with Crippen LogP contribution in [0.3, 0.4) is 0 Å². The van der Waals surface area contributed by atoms with E-state index in [1.54, 1.807) is 18.2 Å². The summed E-state index contributed by atoms with van der Waals surface area (Å²) in [7, 11) is -1.93. The number of anilines is 1. The average Bonchev–Trinajstić information content (AvgIpc) is 3.24. The van der Waals surface area contributed by atoms with Crippen molar-refractivity contribution in [3.63, 3.8) is 0 Å². The Hall–Kier alpha value is -2.68. The van der Waals surface area contributed by atoms with Crippen LogP contribution in [0.4, 0.5) is 5.69 Å². The maximum atomic E-state index is 12.5. The van der Waals surface area contributed by atoms with Gasteiger partial charge < -0.3 is 10.2 Å². The fourth-order valence-electron chi connectivity index (χ4n) is 3.03. The second-order valence-corrected chi connectivity index (χ2v) is 8.97.